The largest absolute Gasteiger partial charge is 0.370 e. The molecular formula is C20H29N5OS. The van der Waals surface area contributed by atoms with E-state index in [1.165, 1.54) is 11.3 Å². The molecule has 2 atom stereocenters. The van der Waals surface area contributed by atoms with Gasteiger partial charge in [0.1, 0.15) is 18.0 Å². The molecule has 2 unspecified atom stereocenters. The maximum absolute atomic E-state index is 12.3. The molecule has 0 spiro atoms. The zero-order chi connectivity index (χ0) is 19.1. The van der Waals surface area contributed by atoms with Gasteiger partial charge in [-0.2, -0.15) is 0 Å². The van der Waals surface area contributed by atoms with Crippen molar-refractivity contribution < 1.29 is 4.79 Å². The zero-order valence-electron chi connectivity index (χ0n) is 16.1. The van der Waals surface area contributed by atoms with Crippen LogP contribution in [0.1, 0.15) is 50.4 Å². The van der Waals surface area contributed by atoms with E-state index in [0.717, 1.165) is 44.1 Å². The number of piperidine rings is 1. The first-order chi connectivity index (χ1) is 13.2. The van der Waals surface area contributed by atoms with Crippen molar-refractivity contribution >= 4 is 28.9 Å². The Morgan fingerprint density at radius 1 is 1.44 bits per heavy atom. The molecule has 7 heteroatoms. The van der Waals surface area contributed by atoms with E-state index in [0.29, 0.717) is 12.3 Å². The lowest BCUT2D eigenvalue weighted by atomic mass is 9.93. The highest BCUT2D eigenvalue weighted by Crippen LogP contribution is 2.26. The lowest BCUT2D eigenvalue weighted by molar-refractivity contribution is -0.122. The molecule has 146 valence electrons. The highest BCUT2D eigenvalue weighted by Gasteiger charge is 2.22. The van der Waals surface area contributed by atoms with Crippen molar-refractivity contribution in [3.05, 3.63) is 34.8 Å². The minimum atomic E-state index is 0.0888. The minimum Gasteiger partial charge on any atom is -0.370 e. The van der Waals surface area contributed by atoms with Gasteiger partial charge in [-0.1, -0.05) is 6.07 Å². The van der Waals surface area contributed by atoms with Crippen molar-refractivity contribution in [3.8, 4) is 0 Å². The first kappa shape index (κ1) is 19.6. The Kier molecular flexibility index (Phi) is 7.04. The molecule has 3 heterocycles. The van der Waals surface area contributed by atoms with Gasteiger partial charge >= 0.3 is 0 Å². The van der Waals surface area contributed by atoms with E-state index < -0.39 is 0 Å². The number of aromatic nitrogens is 2. The number of thiophene rings is 1. The summed E-state index contributed by atoms with van der Waals surface area (Å²) in [6.45, 7) is 6.92. The third-order valence-electron chi connectivity index (χ3n) is 4.98. The van der Waals surface area contributed by atoms with Gasteiger partial charge in [0.15, 0.2) is 0 Å². The van der Waals surface area contributed by atoms with Crippen LogP contribution in [0.25, 0.3) is 0 Å². The van der Waals surface area contributed by atoms with Crippen LogP contribution in [0.3, 0.4) is 0 Å². The molecule has 3 rings (SSSR count). The Hall–Kier alpha value is -2.15. The average Bonchev–Trinajstić information content (AvgIpc) is 3.22. The summed E-state index contributed by atoms with van der Waals surface area (Å²) in [6.07, 6.45) is 5.44. The average molecular weight is 388 g/mol. The number of nitrogens with one attached hydrogen (secondary N) is 2. The topological polar surface area (TPSA) is 70.2 Å². The first-order valence-corrected chi connectivity index (χ1v) is 10.7. The molecule has 27 heavy (non-hydrogen) atoms. The molecule has 0 saturated carbocycles. The Balaban J connectivity index is 1.48. The van der Waals surface area contributed by atoms with Gasteiger partial charge in [-0.15, -0.1) is 11.3 Å². The molecule has 0 aliphatic carbocycles. The Bertz CT molecular complexity index is 721. The Morgan fingerprint density at radius 3 is 3.11 bits per heavy atom. The third-order valence-corrected chi connectivity index (χ3v) is 6.04. The molecule has 0 aromatic carbocycles. The van der Waals surface area contributed by atoms with Crippen LogP contribution in [0.4, 0.5) is 11.6 Å². The van der Waals surface area contributed by atoms with Crippen molar-refractivity contribution in [2.45, 2.75) is 45.6 Å². The summed E-state index contributed by atoms with van der Waals surface area (Å²) in [6, 6.07) is 6.19. The third kappa shape index (κ3) is 5.66. The van der Waals surface area contributed by atoms with E-state index in [9.17, 15) is 4.79 Å². The fraction of sp³-hybridized carbons (Fsp3) is 0.550. The zero-order valence-corrected chi connectivity index (χ0v) is 17.0. The second-order valence-electron chi connectivity index (χ2n) is 7.09. The normalized spacial score (nSPS) is 18.1. The number of carbonyl (C=O) groups excluding carboxylic acids is 1. The summed E-state index contributed by atoms with van der Waals surface area (Å²) < 4.78 is 0. The van der Waals surface area contributed by atoms with Gasteiger partial charge in [0.2, 0.25) is 5.91 Å². The van der Waals surface area contributed by atoms with Gasteiger partial charge in [-0.3, -0.25) is 4.79 Å². The summed E-state index contributed by atoms with van der Waals surface area (Å²) in [4.78, 5) is 24.5. The SMILES string of the molecule is CCNc1cc(N2CCCC(CCC(=O)NC(C)c3cccs3)C2)ncn1. The fourth-order valence-electron chi connectivity index (χ4n) is 3.56. The standard InChI is InChI=1S/C20H29N5OS/c1-3-21-18-12-19(23-14-22-18)25-10-4-6-16(13-25)8-9-20(26)24-15(2)17-7-5-11-27-17/h5,7,11-12,14-16H,3-4,6,8-10,13H2,1-2H3,(H,24,26)(H,21,22,23). The molecule has 2 aromatic heterocycles. The van der Waals surface area contributed by atoms with Crippen molar-refractivity contribution in [3.63, 3.8) is 0 Å². The van der Waals surface area contributed by atoms with Crippen LogP contribution in [0, 0.1) is 5.92 Å². The van der Waals surface area contributed by atoms with Crippen molar-refractivity contribution in [2.75, 3.05) is 29.9 Å². The van der Waals surface area contributed by atoms with Crippen LogP contribution < -0.4 is 15.5 Å². The molecule has 2 aromatic rings. The number of carbonyl (C=O) groups is 1. The lowest BCUT2D eigenvalue weighted by Crippen LogP contribution is -2.36. The van der Waals surface area contributed by atoms with Crippen LogP contribution >= 0.6 is 11.3 Å². The first-order valence-electron chi connectivity index (χ1n) is 9.79. The Morgan fingerprint density at radius 2 is 2.33 bits per heavy atom. The molecule has 6 nitrogen and oxygen atoms in total. The quantitative estimate of drug-likeness (QED) is 0.720. The summed E-state index contributed by atoms with van der Waals surface area (Å²) >= 11 is 1.68. The molecule has 1 amide bonds. The Labute approximate surface area is 165 Å². The van der Waals surface area contributed by atoms with Gasteiger partial charge in [-0.25, -0.2) is 9.97 Å². The van der Waals surface area contributed by atoms with E-state index in [1.807, 2.05) is 24.4 Å². The van der Waals surface area contributed by atoms with Gasteiger partial charge in [0, 0.05) is 37.0 Å². The second-order valence-corrected chi connectivity index (χ2v) is 8.07. The molecule has 2 N–H and O–H groups in total. The number of rotatable bonds is 8. The lowest BCUT2D eigenvalue weighted by Gasteiger charge is -2.33. The van der Waals surface area contributed by atoms with Crippen LogP contribution in [0.15, 0.2) is 29.9 Å². The highest BCUT2D eigenvalue weighted by atomic mass is 32.1. The molecular weight excluding hydrogens is 358 g/mol. The van der Waals surface area contributed by atoms with Crippen molar-refractivity contribution in [1.82, 2.24) is 15.3 Å². The minimum absolute atomic E-state index is 0.0888. The molecule has 0 radical (unpaired) electrons. The van der Waals surface area contributed by atoms with Gasteiger partial charge in [0.25, 0.3) is 0 Å². The van der Waals surface area contributed by atoms with Crippen molar-refractivity contribution in [1.29, 1.82) is 0 Å². The maximum Gasteiger partial charge on any atom is 0.220 e. The summed E-state index contributed by atoms with van der Waals surface area (Å²) in [5.74, 6) is 2.51. The van der Waals surface area contributed by atoms with Crippen LogP contribution in [-0.2, 0) is 4.79 Å². The van der Waals surface area contributed by atoms with Gasteiger partial charge in [-0.05, 0) is 50.5 Å². The molecule has 1 fully saturated rings. The number of amides is 1. The molecule has 1 aliphatic heterocycles. The van der Waals surface area contributed by atoms with E-state index in [2.05, 4.69) is 38.5 Å². The smallest absolute Gasteiger partial charge is 0.220 e. The monoisotopic (exact) mass is 387 g/mol. The summed E-state index contributed by atoms with van der Waals surface area (Å²) in [7, 11) is 0. The summed E-state index contributed by atoms with van der Waals surface area (Å²) in [5.41, 5.74) is 0. The van der Waals surface area contributed by atoms with E-state index in [-0.39, 0.29) is 11.9 Å². The van der Waals surface area contributed by atoms with Crippen molar-refractivity contribution in [2.24, 2.45) is 5.92 Å². The number of anilines is 2. The molecule has 0 bridgehead atoms. The van der Waals surface area contributed by atoms with Crippen LogP contribution in [0.5, 0.6) is 0 Å². The van der Waals surface area contributed by atoms with E-state index in [4.69, 9.17) is 0 Å². The van der Waals surface area contributed by atoms with Gasteiger partial charge < -0.3 is 15.5 Å². The van der Waals surface area contributed by atoms with Crippen LogP contribution in [0.2, 0.25) is 0 Å². The number of hydrogen-bond acceptors (Lipinski definition) is 6. The predicted octanol–water partition coefficient (Wildman–Crippen LogP) is 3.84. The van der Waals surface area contributed by atoms with E-state index >= 15 is 0 Å². The van der Waals surface area contributed by atoms with Crippen LogP contribution in [-0.4, -0.2) is 35.5 Å². The number of hydrogen-bond donors (Lipinski definition) is 2. The number of nitrogens with zero attached hydrogens (tertiary/aromatic N) is 3. The predicted molar refractivity (Wildman–Crippen MR) is 111 cm³/mol. The summed E-state index contributed by atoms with van der Waals surface area (Å²) in [5, 5.41) is 8.40. The second kappa shape index (κ2) is 9.69. The fourth-order valence-corrected chi connectivity index (χ4v) is 4.30. The maximum atomic E-state index is 12.3. The highest BCUT2D eigenvalue weighted by molar-refractivity contribution is 7.10. The molecule has 1 saturated heterocycles. The molecule has 1 aliphatic rings. The van der Waals surface area contributed by atoms with Gasteiger partial charge in [0.05, 0.1) is 6.04 Å². The van der Waals surface area contributed by atoms with E-state index in [1.54, 1.807) is 17.7 Å².